The van der Waals surface area contributed by atoms with Gasteiger partial charge in [0.1, 0.15) is 11.6 Å². The highest BCUT2D eigenvalue weighted by Gasteiger charge is 2.14. The topological polar surface area (TPSA) is 127 Å². The van der Waals surface area contributed by atoms with Crippen molar-refractivity contribution in [1.82, 2.24) is 14.8 Å². The minimum Gasteiger partial charge on any atom is -0.306 e. The number of nitrogens with zero attached hydrogens (tertiary/aromatic N) is 5. The number of nitrogens with one attached hydrogen (secondary N) is 1. The number of nitro benzene ring substituents is 1. The Bertz CT molecular complexity index is 1070. The molecule has 1 aromatic carbocycles. The average Bonchev–Trinajstić information content (AvgIpc) is 3.09. The number of hydrogen-bond donors (Lipinski definition) is 1. The van der Waals surface area contributed by atoms with Crippen molar-refractivity contribution in [2.24, 2.45) is 0 Å². The third kappa shape index (κ3) is 4.02. The SMILES string of the molecule is N#Cc1cnn(-c2ccccn2)c1NC(=O)/C=C/c1cccc([N+](=O)[O-])c1. The predicted molar refractivity (Wildman–Crippen MR) is 96.8 cm³/mol. The second kappa shape index (κ2) is 7.71. The summed E-state index contributed by atoms with van der Waals surface area (Å²) in [6.45, 7) is 0. The standard InChI is InChI=1S/C18H12N6O3/c19-11-14-12-21-23(16-6-1-2-9-20-16)18(14)22-17(25)8-7-13-4-3-5-15(10-13)24(26)27/h1-10,12H,(H,22,25)/b8-7+. The summed E-state index contributed by atoms with van der Waals surface area (Å²) in [5, 5.41) is 26.7. The van der Waals surface area contributed by atoms with E-state index in [1.54, 1.807) is 30.5 Å². The molecule has 27 heavy (non-hydrogen) atoms. The Hall–Kier alpha value is -4.32. The molecule has 2 aromatic heterocycles. The van der Waals surface area contributed by atoms with E-state index in [1.165, 1.54) is 41.2 Å². The molecule has 132 valence electrons. The molecule has 2 heterocycles. The summed E-state index contributed by atoms with van der Waals surface area (Å²) in [7, 11) is 0. The molecule has 1 amide bonds. The summed E-state index contributed by atoms with van der Waals surface area (Å²) in [6, 6.07) is 13.0. The molecule has 9 heteroatoms. The van der Waals surface area contributed by atoms with Gasteiger partial charge in [-0.1, -0.05) is 18.2 Å². The van der Waals surface area contributed by atoms with E-state index in [9.17, 15) is 20.2 Å². The van der Waals surface area contributed by atoms with E-state index in [2.05, 4.69) is 15.4 Å². The van der Waals surface area contributed by atoms with Crippen LogP contribution < -0.4 is 5.32 Å². The second-order valence-electron chi connectivity index (χ2n) is 5.29. The van der Waals surface area contributed by atoms with Gasteiger partial charge in [0.05, 0.1) is 11.1 Å². The number of aromatic nitrogens is 3. The number of nitro groups is 1. The van der Waals surface area contributed by atoms with Gasteiger partial charge in [-0.25, -0.2) is 4.98 Å². The summed E-state index contributed by atoms with van der Waals surface area (Å²) < 4.78 is 1.34. The lowest BCUT2D eigenvalue weighted by molar-refractivity contribution is -0.384. The van der Waals surface area contributed by atoms with Crippen LogP contribution in [0.15, 0.2) is 60.9 Å². The van der Waals surface area contributed by atoms with E-state index in [-0.39, 0.29) is 17.1 Å². The number of benzene rings is 1. The zero-order valence-electron chi connectivity index (χ0n) is 13.8. The van der Waals surface area contributed by atoms with E-state index in [4.69, 9.17) is 0 Å². The normalized spacial score (nSPS) is 10.5. The monoisotopic (exact) mass is 360 g/mol. The maximum atomic E-state index is 12.3. The third-order valence-electron chi connectivity index (χ3n) is 3.51. The lowest BCUT2D eigenvalue weighted by Crippen LogP contribution is -2.13. The molecule has 0 aliphatic rings. The fourth-order valence-electron chi connectivity index (χ4n) is 2.28. The number of pyridine rings is 1. The van der Waals surface area contributed by atoms with Crippen LogP contribution in [0, 0.1) is 21.4 Å². The van der Waals surface area contributed by atoms with E-state index in [0.29, 0.717) is 11.4 Å². The zero-order chi connectivity index (χ0) is 19.2. The molecule has 0 saturated carbocycles. The van der Waals surface area contributed by atoms with Gasteiger partial charge in [-0.15, -0.1) is 0 Å². The van der Waals surface area contributed by atoms with E-state index in [0.717, 1.165) is 0 Å². The van der Waals surface area contributed by atoms with Gasteiger partial charge in [-0.3, -0.25) is 14.9 Å². The Morgan fingerprint density at radius 3 is 2.85 bits per heavy atom. The van der Waals surface area contributed by atoms with Gasteiger partial charge in [0.25, 0.3) is 5.69 Å². The van der Waals surface area contributed by atoms with Crippen LogP contribution in [0.5, 0.6) is 0 Å². The first kappa shape index (κ1) is 17.5. The van der Waals surface area contributed by atoms with Crippen molar-refractivity contribution in [2.45, 2.75) is 0 Å². The summed E-state index contributed by atoms with van der Waals surface area (Å²) >= 11 is 0. The Kier molecular flexibility index (Phi) is 5.00. The van der Waals surface area contributed by atoms with Gasteiger partial charge in [0, 0.05) is 24.4 Å². The van der Waals surface area contributed by atoms with E-state index < -0.39 is 10.8 Å². The smallest absolute Gasteiger partial charge is 0.270 e. The first-order valence-corrected chi connectivity index (χ1v) is 7.71. The number of carbonyl (C=O) groups excluding carboxylic acids is 1. The molecule has 0 aliphatic carbocycles. The van der Waals surface area contributed by atoms with Crippen molar-refractivity contribution in [1.29, 1.82) is 5.26 Å². The number of non-ortho nitro benzene ring substituents is 1. The van der Waals surface area contributed by atoms with Crippen molar-refractivity contribution < 1.29 is 9.72 Å². The molecule has 0 bridgehead atoms. The van der Waals surface area contributed by atoms with Gasteiger partial charge in [0.15, 0.2) is 11.6 Å². The molecule has 3 aromatic rings. The maximum Gasteiger partial charge on any atom is 0.270 e. The molecule has 9 nitrogen and oxygen atoms in total. The highest BCUT2D eigenvalue weighted by atomic mass is 16.6. The zero-order valence-corrected chi connectivity index (χ0v) is 13.8. The summed E-state index contributed by atoms with van der Waals surface area (Å²) in [5.41, 5.74) is 0.605. The van der Waals surface area contributed by atoms with E-state index >= 15 is 0 Å². The highest BCUT2D eigenvalue weighted by Crippen LogP contribution is 2.19. The molecular weight excluding hydrogens is 348 g/mol. The highest BCUT2D eigenvalue weighted by molar-refractivity contribution is 6.02. The quantitative estimate of drug-likeness (QED) is 0.423. The van der Waals surface area contributed by atoms with Crippen LogP contribution >= 0.6 is 0 Å². The number of carbonyl (C=O) groups is 1. The third-order valence-corrected chi connectivity index (χ3v) is 3.51. The van der Waals surface area contributed by atoms with Crippen molar-refractivity contribution in [2.75, 3.05) is 5.32 Å². The minimum atomic E-state index is -0.518. The van der Waals surface area contributed by atoms with Gasteiger partial charge >= 0.3 is 0 Å². The van der Waals surface area contributed by atoms with E-state index in [1.807, 2.05) is 6.07 Å². The van der Waals surface area contributed by atoms with Gasteiger partial charge in [-0.2, -0.15) is 15.0 Å². The molecule has 0 spiro atoms. The van der Waals surface area contributed by atoms with Gasteiger partial charge in [-0.05, 0) is 23.8 Å². The average molecular weight is 360 g/mol. The molecule has 0 radical (unpaired) electrons. The van der Waals surface area contributed by atoms with Gasteiger partial charge in [0.2, 0.25) is 5.91 Å². The lowest BCUT2D eigenvalue weighted by atomic mass is 10.2. The van der Waals surface area contributed by atoms with Crippen LogP contribution in [-0.2, 0) is 4.79 Å². The largest absolute Gasteiger partial charge is 0.306 e. The maximum absolute atomic E-state index is 12.3. The van der Waals surface area contributed by atoms with Crippen molar-refractivity contribution in [3.8, 4) is 11.9 Å². The molecule has 0 aliphatic heterocycles. The molecule has 1 N–H and O–H groups in total. The Morgan fingerprint density at radius 1 is 1.30 bits per heavy atom. The Morgan fingerprint density at radius 2 is 2.15 bits per heavy atom. The fourth-order valence-corrected chi connectivity index (χ4v) is 2.28. The Labute approximate surface area is 153 Å². The Balaban J connectivity index is 1.82. The number of rotatable bonds is 5. The summed E-state index contributed by atoms with van der Waals surface area (Å²) in [4.78, 5) is 26.7. The van der Waals surface area contributed by atoms with Crippen LogP contribution in [0.2, 0.25) is 0 Å². The van der Waals surface area contributed by atoms with Crippen LogP contribution in [0.3, 0.4) is 0 Å². The van der Waals surface area contributed by atoms with Crippen molar-refractivity contribution >= 4 is 23.5 Å². The number of nitriles is 1. The minimum absolute atomic E-state index is 0.0717. The summed E-state index contributed by atoms with van der Waals surface area (Å²) in [5.74, 6) is 0.109. The van der Waals surface area contributed by atoms with Crippen molar-refractivity contribution in [3.05, 3.63) is 82.2 Å². The van der Waals surface area contributed by atoms with Gasteiger partial charge < -0.3 is 5.32 Å². The number of anilines is 1. The number of hydrogen-bond acceptors (Lipinski definition) is 6. The van der Waals surface area contributed by atoms with Crippen LogP contribution in [-0.4, -0.2) is 25.6 Å². The molecule has 0 saturated heterocycles. The van der Waals surface area contributed by atoms with Crippen LogP contribution in [0.25, 0.3) is 11.9 Å². The molecule has 0 atom stereocenters. The second-order valence-corrected chi connectivity index (χ2v) is 5.29. The lowest BCUT2D eigenvalue weighted by Gasteiger charge is -2.07. The fraction of sp³-hybridized carbons (Fsp3) is 0. The summed E-state index contributed by atoms with van der Waals surface area (Å²) in [6.07, 6.45) is 5.55. The van der Waals surface area contributed by atoms with Crippen LogP contribution in [0.4, 0.5) is 11.5 Å². The first-order valence-electron chi connectivity index (χ1n) is 7.71. The molecule has 0 fully saturated rings. The first-order chi connectivity index (χ1) is 13.1. The number of amides is 1. The van der Waals surface area contributed by atoms with Crippen LogP contribution in [0.1, 0.15) is 11.1 Å². The molecular formula is C18H12N6O3. The molecule has 3 rings (SSSR count). The van der Waals surface area contributed by atoms with Crippen molar-refractivity contribution in [3.63, 3.8) is 0 Å². The predicted octanol–water partition coefficient (Wildman–Crippen LogP) is 2.70. The molecule has 0 unspecified atom stereocenters.